The second kappa shape index (κ2) is 10.9. The Morgan fingerprint density at radius 1 is 1.15 bits per heavy atom. The summed E-state index contributed by atoms with van der Waals surface area (Å²) in [5.41, 5.74) is 2.13. The molecule has 1 aliphatic rings. The third-order valence-corrected chi connectivity index (χ3v) is 5.41. The van der Waals surface area contributed by atoms with E-state index in [4.69, 9.17) is 4.74 Å². The lowest BCUT2D eigenvalue weighted by Crippen LogP contribution is -2.08. The molecule has 7 nitrogen and oxygen atoms in total. The molecule has 0 spiro atoms. The number of ether oxygens (including phenoxy) is 2. The van der Waals surface area contributed by atoms with E-state index in [-0.39, 0.29) is 17.4 Å². The van der Waals surface area contributed by atoms with Crippen molar-refractivity contribution in [3.05, 3.63) is 59.9 Å². The maximum atomic E-state index is 12.6. The number of halogens is 2. The Bertz CT molecular complexity index is 1180. The number of hydrogen-bond donors (Lipinski definition) is 1. The van der Waals surface area contributed by atoms with E-state index < -0.39 is 6.61 Å². The lowest BCUT2D eigenvalue weighted by atomic mass is 10.1. The van der Waals surface area contributed by atoms with Crippen molar-refractivity contribution in [1.29, 1.82) is 0 Å². The summed E-state index contributed by atoms with van der Waals surface area (Å²) in [6.07, 6.45) is 7.27. The number of nitrogens with zero attached hydrogens (tertiary/aromatic N) is 3. The summed E-state index contributed by atoms with van der Waals surface area (Å²) in [5, 5.41) is 11.6. The van der Waals surface area contributed by atoms with Crippen molar-refractivity contribution in [1.82, 2.24) is 14.8 Å². The summed E-state index contributed by atoms with van der Waals surface area (Å²) in [7, 11) is 0. The summed E-state index contributed by atoms with van der Waals surface area (Å²) in [5.74, 6) is 1.61. The number of fused-ring (bicyclic) bond motifs is 1. The van der Waals surface area contributed by atoms with Crippen LogP contribution in [-0.4, -0.2) is 33.9 Å². The first-order valence-electron chi connectivity index (χ1n) is 11.3. The largest absolute Gasteiger partial charge is 0.490 e. The Morgan fingerprint density at radius 3 is 2.85 bits per heavy atom. The maximum Gasteiger partial charge on any atom is 0.387 e. The van der Waals surface area contributed by atoms with Crippen LogP contribution in [0.25, 0.3) is 17.5 Å². The first-order chi connectivity index (χ1) is 16.5. The minimum Gasteiger partial charge on any atom is -0.490 e. The van der Waals surface area contributed by atoms with Gasteiger partial charge >= 0.3 is 6.61 Å². The molecule has 0 radical (unpaired) electrons. The van der Waals surface area contributed by atoms with Gasteiger partial charge < -0.3 is 19.4 Å². The van der Waals surface area contributed by atoms with E-state index in [2.05, 4.69) is 24.8 Å². The highest BCUT2D eigenvalue weighted by Crippen LogP contribution is 2.30. The van der Waals surface area contributed by atoms with Crippen LogP contribution in [0.4, 0.5) is 14.5 Å². The van der Waals surface area contributed by atoms with Crippen molar-refractivity contribution in [3.8, 4) is 22.9 Å². The van der Waals surface area contributed by atoms with Crippen LogP contribution in [-0.2, 0) is 17.8 Å². The van der Waals surface area contributed by atoms with E-state index in [0.717, 1.165) is 43.0 Å². The molecule has 0 saturated heterocycles. The van der Waals surface area contributed by atoms with Crippen molar-refractivity contribution >= 4 is 17.7 Å². The van der Waals surface area contributed by atoms with Crippen molar-refractivity contribution < 1.29 is 23.0 Å². The number of amides is 1. The zero-order valence-electron chi connectivity index (χ0n) is 18.8. The van der Waals surface area contributed by atoms with Gasteiger partial charge in [0.2, 0.25) is 5.91 Å². The van der Waals surface area contributed by atoms with Gasteiger partial charge in [0.1, 0.15) is 5.82 Å². The monoisotopic (exact) mass is 468 g/mol. The zero-order valence-corrected chi connectivity index (χ0v) is 18.8. The fourth-order valence-corrected chi connectivity index (χ4v) is 3.88. The molecular formula is C25H26F2N4O3. The van der Waals surface area contributed by atoms with Crippen LogP contribution in [0, 0.1) is 0 Å². The maximum absolute atomic E-state index is 12.6. The van der Waals surface area contributed by atoms with Crippen molar-refractivity contribution in [2.75, 3.05) is 11.9 Å². The second-order valence-electron chi connectivity index (χ2n) is 7.82. The summed E-state index contributed by atoms with van der Waals surface area (Å²) in [6, 6.07) is 12.0. The molecular weight excluding hydrogens is 442 g/mol. The zero-order chi connectivity index (χ0) is 23.9. The van der Waals surface area contributed by atoms with Gasteiger partial charge in [-0.05, 0) is 55.7 Å². The lowest BCUT2D eigenvalue weighted by Gasteiger charge is -2.11. The number of alkyl halides is 2. The highest BCUT2D eigenvalue weighted by Gasteiger charge is 2.16. The summed E-state index contributed by atoms with van der Waals surface area (Å²) in [4.78, 5) is 12.5. The van der Waals surface area contributed by atoms with Crippen LogP contribution in [0.1, 0.15) is 37.6 Å². The predicted molar refractivity (Wildman–Crippen MR) is 125 cm³/mol. The molecule has 0 unspecified atom stereocenters. The van der Waals surface area contributed by atoms with E-state index in [1.54, 1.807) is 31.2 Å². The Kier molecular flexibility index (Phi) is 7.51. The molecule has 3 aromatic rings. The molecule has 0 aliphatic carbocycles. The van der Waals surface area contributed by atoms with Gasteiger partial charge in [0, 0.05) is 30.3 Å². The van der Waals surface area contributed by atoms with Crippen LogP contribution >= 0.6 is 0 Å². The van der Waals surface area contributed by atoms with Gasteiger partial charge in [-0.3, -0.25) is 4.79 Å². The molecule has 34 heavy (non-hydrogen) atoms. The summed E-state index contributed by atoms with van der Waals surface area (Å²) in [6.45, 7) is -0.0248. The minimum atomic E-state index is -2.95. The van der Waals surface area contributed by atoms with Crippen LogP contribution < -0.4 is 14.8 Å². The van der Waals surface area contributed by atoms with Gasteiger partial charge in [0.05, 0.1) is 6.61 Å². The normalized spacial score (nSPS) is 13.5. The molecule has 0 saturated carbocycles. The van der Waals surface area contributed by atoms with Gasteiger partial charge in [-0.25, -0.2) is 0 Å². The fraction of sp³-hybridized carbons (Fsp3) is 0.320. The molecule has 4 rings (SSSR count). The number of aromatic nitrogens is 3. The van der Waals surface area contributed by atoms with Crippen molar-refractivity contribution in [2.45, 2.75) is 45.8 Å². The fourth-order valence-electron chi connectivity index (χ4n) is 3.88. The quantitative estimate of drug-likeness (QED) is 0.453. The number of aryl methyl sites for hydroxylation is 1. The molecule has 0 bridgehead atoms. The third-order valence-electron chi connectivity index (χ3n) is 5.41. The number of anilines is 1. The van der Waals surface area contributed by atoms with Gasteiger partial charge in [0.25, 0.3) is 0 Å². The van der Waals surface area contributed by atoms with Gasteiger partial charge in [-0.1, -0.05) is 24.6 Å². The number of hydrogen-bond acceptors (Lipinski definition) is 5. The average molecular weight is 469 g/mol. The smallest absolute Gasteiger partial charge is 0.387 e. The number of benzene rings is 2. The topological polar surface area (TPSA) is 78.3 Å². The third kappa shape index (κ3) is 5.78. The van der Waals surface area contributed by atoms with E-state index in [1.165, 1.54) is 18.6 Å². The first-order valence-corrected chi connectivity index (χ1v) is 11.3. The van der Waals surface area contributed by atoms with Crippen LogP contribution in [0.3, 0.4) is 0 Å². The van der Waals surface area contributed by atoms with E-state index in [9.17, 15) is 13.6 Å². The molecule has 0 fully saturated rings. The standard InChI is InChI=1S/C25H26F2N4O3/c1-2-33-21-15-17(10-12-20(21)34-25(26)27)11-13-23(32)28-19-8-6-7-18(16-19)24-30-29-22-9-4-3-5-14-31(22)24/h6-8,10-13,15-16,25H,2-5,9,14H2,1H3,(H,28,32)/b13-11+. The molecule has 1 amide bonds. The highest BCUT2D eigenvalue weighted by atomic mass is 19.3. The molecule has 1 aromatic heterocycles. The molecule has 2 heterocycles. The predicted octanol–water partition coefficient (Wildman–Crippen LogP) is 5.32. The van der Waals surface area contributed by atoms with Crippen LogP contribution in [0.5, 0.6) is 11.5 Å². The lowest BCUT2D eigenvalue weighted by molar-refractivity contribution is -0.111. The van der Waals surface area contributed by atoms with Crippen molar-refractivity contribution in [3.63, 3.8) is 0 Å². The van der Waals surface area contributed by atoms with Crippen molar-refractivity contribution in [2.24, 2.45) is 0 Å². The molecule has 178 valence electrons. The molecule has 1 N–H and O–H groups in total. The molecule has 2 aromatic carbocycles. The van der Waals surface area contributed by atoms with E-state index >= 15 is 0 Å². The number of carbonyl (C=O) groups is 1. The average Bonchev–Trinajstić information content (AvgIpc) is 3.07. The first kappa shape index (κ1) is 23.4. The second-order valence-corrected chi connectivity index (χ2v) is 7.82. The Morgan fingerprint density at radius 2 is 2.03 bits per heavy atom. The SMILES string of the molecule is CCOc1cc(/C=C/C(=O)Nc2cccc(-c3nnc4n3CCCCC4)c2)ccc1OC(F)F. The number of carbonyl (C=O) groups excluding carboxylic acids is 1. The van der Waals surface area contributed by atoms with Gasteiger partial charge in [0.15, 0.2) is 17.3 Å². The Balaban J connectivity index is 1.46. The molecule has 0 atom stereocenters. The molecule has 1 aliphatic heterocycles. The molecule has 9 heteroatoms. The minimum absolute atomic E-state index is 0.0540. The van der Waals surface area contributed by atoms with Gasteiger partial charge in [-0.2, -0.15) is 8.78 Å². The van der Waals surface area contributed by atoms with E-state index in [0.29, 0.717) is 17.9 Å². The summed E-state index contributed by atoms with van der Waals surface area (Å²) < 4.78 is 37.1. The summed E-state index contributed by atoms with van der Waals surface area (Å²) >= 11 is 0. The van der Waals surface area contributed by atoms with Crippen LogP contribution in [0.2, 0.25) is 0 Å². The van der Waals surface area contributed by atoms with E-state index in [1.807, 2.05) is 18.2 Å². The highest BCUT2D eigenvalue weighted by molar-refractivity contribution is 6.02. The Labute approximate surface area is 196 Å². The number of rotatable bonds is 8. The van der Waals surface area contributed by atoms with Crippen LogP contribution in [0.15, 0.2) is 48.5 Å². The van der Waals surface area contributed by atoms with Gasteiger partial charge in [-0.15, -0.1) is 10.2 Å². The number of nitrogens with one attached hydrogen (secondary N) is 1. The Hall–Kier alpha value is -3.75.